The van der Waals surface area contributed by atoms with Crippen LogP contribution in [0.5, 0.6) is 0 Å². The van der Waals surface area contributed by atoms with E-state index < -0.39 is 11.8 Å². The van der Waals surface area contributed by atoms with Gasteiger partial charge in [0.15, 0.2) is 0 Å². The van der Waals surface area contributed by atoms with Gasteiger partial charge in [0.2, 0.25) is 0 Å². The molecule has 106 valence electrons. The van der Waals surface area contributed by atoms with Crippen LogP contribution in [0.15, 0.2) is 12.4 Å². The van der Waals surface area contributed by atoms with Gasteiger partial charge in [-0.2, -0.15) is 10.2 Å². The standard InChI is InChI=1S/C11H13ClN6O2/c1-3-18-8(6(12)4-15-18)11(20)16-7-5-14-17(2)9(7)10(13)19/h4-5H,3H2,1-2H3,(H2,13,19)(H,16,20). The molecule has 0 atom stereocenters. The summed E-state index contributed by atoms with van der Waals surface area (Å²) in [7, 11) is 1.55. The van der Waals surface area contributed by atoms with E-state index in [1.54, 1.807) is 7.05 Å². The highest BCUT2D eigenvalue weighted by Gasteiger charge is 2.21. The van der Waals surface area contributed by atoms with E-state index in [0.717, 1.165) is 0 Å². The molecule has 8 nitrogen and oxygen atoms in total. The fraction of sp³-hybridized carbons (Fsp3) is 0.273. The number of nitrogens with zero attached hydrogens (tertiary/aromatic N) is 4. The Hall–Kier alpha value is -2.35. The third-order valence-corrected chi connectivity index (χ3v) is 3.01. The number of aryl methyl sites for hydroxylation is 2. The summed E-state index contributed by atoms with van der Waals surface area (Å²) in [6, 6.07) is 0. The van der Waals surface area contributed by atoms with Gasteiger partial charge in [0.05, 0.1) is 23.1 Å². The first-order valence-corrected chi connectivity index (χ1v) is 6.18. The van der Waals surface area contributed by atoms with Crippen molar-refractivity contribution < 1.29 is 9.59 Å². The molecule has 2 aromatic rings. The zero-order valence-corrected chi connectivity index (χ0v) is 11.7. The Bertz CT molecular complexity index is 675. The number of hydrogen-bond donors (Lipinski definition) is 2. The van der Waals surface area contributed by atoms with Crippen LogP contribution in [-0.4, -0.2) is 31.4 Å². The fourth-order valence-corrected chi connectivity index (χ4v) is 2.06. The molecule has 2 aromatic heterocycles. The number of nitrogens with two attached hydrogens (primary N) is 1. The summed E-state index contributed by atoms with van der Waals surface area (Å²) in [5.74, 6) is -1.17. The van der Waals surface area contributed by atoms with Crippen LogP contribution in [0.3, 0.4) is 0 Å². The molecule has 20 heavy (non-hydrogen) atoms. The second-order valence-corrected chi connectivity index (χ2v) is 4.41. The van der Waals surface area contributed by atoms with Crippen LogP contribution in [0.2, 0.25) is 5.02 Å². The van der Waals surface area contributed by atoms with Gasteiger partial charge in [-0.05, 0) is 6.92 Å². The molecule has 0 aromatic carbocycles. The maximum Gasteiger partial charge on any atom is 0.275 e. The van der Waals surface area contributed by atoms with E-state index in [1.807, 2.05) is 6.92 Å². The van der Waals surface area contributed by atoms with Gasteiger partial charge in [-0.1, -0.05) is 11.6 Å². The van der Waals surface area contributed by atoms with E-state index in [4.69, 9.17) is 17.3 Å². The molecule has 0 unspecified atom stereocenters. The average Bonchev–Trinajstić information content (AvgIpc) is 2.92. The van der Waals surface area contributed by atoms with Gasteiger partial charge in [0.25, 0.3) is 11.8 Å². The van der Waals surface area contributed by atoms with E-state index in [1.165, 1.54) is 21.8 Å². The van der Waals surface area contributed by atoms with E-state index in [0.29, 0.717) is 6.54 Å². The summed E-state index contributed by atoms with van der Waals surface area (Å²) >= 11 is 5.94. The summed E-state index contributed by atoms with van der Waals surface area (Å²) in [6.07, 6.45) is 2.73. The minimum absolute atomic E-state index is 0.108. The Labute approximate surface area is 119 Å². The van der Waals surface area contributed by atoms with Crippen LogP contribution in [-0.2, 0) is 13.6 Å². The normalized spacial score (nSPS) is 10.6. The molecule has 2 rings (SSSR count). The Morgan fingerprint density at radius 2 is 2.05 bits per heavy atom. The molecule has 0 saturated heterocycles. The van der Waals surface area contributed by atoms with E-state index >= 15 is 0 Å². The van der Waals surface area contributed by atoms with Gasteiger partial charge in [-0.15, -0.1) is 0 Å². The van der Waals surface area contributed by atoms with Gasteiger partial charge in [0, 0.05) is 13.6 Å². The van der Waals surface area contributed by atoms with Crippen molar-refractivity contribution in [1.29, 1.82) is 0 Å². The molecular formula is C11H13ClN6O2. The molecule has 0 aliphatic carbocycles. The number of aromatic nitrogens is 4. The zero-order chi connectivity index (χ0) is 14.9. The highest BCUT2D eigenvalue weighted by atomic mass is 35.5. The van der Waals surface area contributed by atoms with Crippen LogP contribution in [0.1, 0.15) is 27.9 Å². The van der Waals surface area contributed by atoms with Crippen LogP contribution in [0.4, 0.5) is 5.69 Å². The van der Waals surface area contributed by atoms with Crippen molar-refractivity contribution in [3.05, 3.63) is 28.8 Å². The van der Waals surface area contributed by atoms with Crippen LogP contribution in [0.25, 0.3) is 0 Å². The number of rotatable bonds is 4. The van der Waals surface area contributed by atoms with Gasteiger partial charge in [0.1, 0.15) is 11.4 Å². The average molecular weight is 297 g/mol. The monoisotopic (exact) mass is 296 g/mol. The summed E-state index contributed by atoms with van der Waals surface area (Å²) in [4.78, 5) is 23.5. The summed E-state index contributed by atoms with van der Waals surface area (Å²) in [5.41, 5.74) is 5.80. The van der Waals surface area contributed by atoms with Gasteiger partial charge >= 0.3 is 0 Å². The summed E-state index contributed by atoms with van der Waals surface area (Å²) in [5, 5.41) is 10.6. The molecule has 0 bridgehead atoms. The fourth-order valence-electron chi connectivity index (χ4n) is 1.83. The lowest BCUT2D eigenvalue weighted by atomic mass is 10.3. The maximum absolute atomic E-state index is 12.2. The van der Waals surface area contributed by atoms with Gasteiger partial charge in [-0.25, -0.2) is 0 Å². The lowest BCUT2D eigenvalue weighted by Crippen LogP contribution is -2.22. The van der Waals surface area contributed by atoms with Crippen molar-refractivity contribution in [3.63, 3.8) is 0 Å². The number of halogens is 1. The molecule has 0 spiro atoms. The van der Waals surface area contributed by atoms with Gasteiger partial charge in [-0.3, -0.25) is 19.0 Å². The maximum atomic E-state index is 12.2. The smallest absolute Gasteiger partial charge is 0.275 e. The van der Waals surface area contributed by atoms with Crippen molar-refractivity contribution >= 4 is 29.1 Å². The minimum Gasteiger partial charge on any atom is -0.364 e. The van der Waals surface area contributed by atoms with Crippen molar-refractivity contribution in [3.8, 4) is 0 Å². The number of carbonyl (C=O) groups is 2. The first-order valence-electron chi connectivity index (χ1n) is 5.80. The highest BCUT2D eigenvalue weighted by Crippen LogP contribution is 2.19. The first-order chi connectivity index (χ1) is 9.45. The van der Waals surface area contributed by atoms with Crippen LogP contribution < -0.4 is 11.1 Å². The lowest BCUT2D eigenvalue weighted by molar-refractivity contribution is 0.0992. The van der Waals surface area contributed by atoms with Crippen LogP contribution in [0, 0.1) is 0 Å². The third kappa shape index (κ3) is 2.37. The molecule has 0 aliphatic rings. The van der Waals surface area contributed by atoms with E-state index in [9.17, 15) is 9.59 Å². The molecule has 2 heterocycles. The molecule has 0 fully saturated rings. The number of nitrogens with one attached hydrogen (secondary N) is 1. The second kappa shape index (κ2) is 5.33. The molecule has 0 saturated carbocycles. The number of primary amides is 1. The predicted molar refractivity (Wildman–Crippen MR) is 72.6 cm³/mol. The molecule has 3 N–H and O–H groups in total. The minimum atomic E-state index is -0.685. The second-order valence-electron chi connectivity index (χ2n) is 4.01. The first kappa shape index (κ1) is 14.1. The Morgan fingerprint density at radius 3 is 2.65 bits per heavy atom. The van der Waals surface area contributed by atoms with Gasteiger partial charge < -0.3 is 11.1 Å². The van der Waals surface area contributed by atoms with Crippen molar-refractivity contribution in [2.45, 2.75) is 13.5 Å². The zero-order valence-electron chi connectivity index (χ0n) is 10.9. The molecular weight excluding hydrogens is 284 g/mol. The number of hydrogen-bond acceptors (Lipinski definition) is 4. The summed E-state index contributed by atoms with van der Waals surface area (Å²) < 4.78 is 2.74. The predicted octanol–water partition coefficient (Wildman–Crippen LogP) is 0.641. The summed E-state index contributed by atoms with van der Waals surface area (Å²) in [6.45, 7) is 2.32. The Kier molecular flexibility index (Phi) is 3.75. The highest BCUT2D eigenvalue weighted by molar-refractivity contribution is 6.34. The van der Waals surface area contributed by atoms with Crippen LogP contribution >= 0.6 is 11.6 Å². The third-order valence-electron chi connectivity index (χ3n) is 2.73. The van der Waals surface area contributed by atoms with E-state index in [-0.39, 0.29) is 22.1 Å². The lowest BCUT2D eigenvalue weighted by Gasteiger charge is -2.07. The molecule has 9 heteroatoms. The van der Waals surface area contributed by atoms with Crippen molar-refractivity contribution in [2.24, 2.45) is 12.8 Å². The molecule has 0 radical (unpaired) electrons. The van der Waals surface area contributed by atoms with Crippen molar-refractivity contribution in [2.75, 3.05) is 5.32 Å². The Balaban J connectivity index is 2.33. The quantitative estimate of drug-likeness (QED) is 0.863. The molecule has 0 aliphatic heterocycles. The number of anilines is 1. The topological polar surface area (TPSA) is 108 Å². The molecule has 2 amide bonds. The SMILES string of the molecule is CCn1ncc(Cl)c1C(=O)Nc1cnn(C)c1C(N)=O. The van der Waals surface area contributed by atoms with Crippen molar-refractivity contribution in [1.82, 2.24) is 19.6 Å². The number of carbonyl (C=O) groups excluding carboxylic acids is 2. The Morgan fingerprint density at radius 1 is 1.35 bits per heavy atom. The van der Waals surface area contributed by atoms with E-state index in [2.05, 4.69) is 15.5 Å². The number of amides is 2. The largest absolute Gasteiger partial charge is 0.364 e.